The summed E-state index contributed by atoms with van der Waals surface area (Å²) in [5, 5.41) is 16.2. The fourth-order valence-corrected chi connectivity index (χ4v) is 0.556. The number of nitrogens with one attached hydrogen (secondary N) is 2. The number of carbonyl (C=O) groups excluding carboxylic acids is 1. The quantitative estimate of drug-likeness (QED) is 0.468. The lowest BCUT2D eigenvalue weighted by Crippen LogP contribution is -2.30. The summed E-state index contributed by atoms with van der Waals surface area (Å²) in [7, 11) is 0. The average Bonchev–Trinajstić information content (AvgIpc) is 2.51. The number of aromatic amines is 1. The first-order chi connectivity index (χ1) is 5.70. The van der Waals surface area contributed by atoms with Crippen molar-refractivity contribution in [2.24, 2.45) is 0 Å². The van der Waals surface area contributed by atoms with Crippen LogP contribution in [0.2, 0.25) is 0 Å². The zero-order chi connectivity index (χ0) is 8.97. The van der Waals surface area contributed by atoms with E-state index >= 15 is 0 Å². The number of carboxylic acids is 1. The molecule has 64 valence electrons. The number of rotatable bonds is 2. The third kappa shape index (κ3) is 2.04. The summed E-state index contributed by atoms with van der Waals surface area (Å²) in [6.45, 7) is 0.0329. The second-order valence-electron chi connectivity index (χ2n) is 1.92. The summed E-state index contributed by atoms with van der Waals surface area (Å²) >= 11 is 0. The molecule has 0 aliphatic rings. The van der Waals surface area contributed by atoms with Gasteiger partial charge in [0.1, 0.15) is 12.2 Å². The van der Waals surface area contributed by atoms with E-state index in [1.165, 1.54) is 6.33 Å². The Balaban J connectivity index is 2.37. The van der Waals surface area contributed by atoms with Crippen LogP contribution in [0.15, 0.2) is 6.33 Å². The number of amides is 1. The first-order valence-corrected chi connectivity index (χ1v) is 3.05. The van der Waals surface area contributed by atoms with Gasteiger partial charge in [-0.3, -0.25) is 9.89 Å². The summed E-state index contributed by atoms with van der Waals surface area (Å²) < 4.78 is 0. The zero-order valence-corrected chi connectivity index (χ0v) is 5.94. The van der Waals surface area contributed by atoms with Crippen LogP contribution in [0.4, 0.5) is 0 Å². The van der Waals surface area contributed by atoms with Gasteiger partial charge in [0.2, 0.25) is 0 Å². The van der Waals surface area contributed by atoms with Crippen molar-refractivity contribution in [2.75, 3.05) is 0 Å². The van der Waals surface area contributed by atoms with Gasteiger partial charge in [-0.25, -0.2) is 9.78 Å². The van der Waals surface area contributed by atoms with E-state index in [1.54, 1.807) is 0 Å². The number of H-pyrrole nitrogens is 1. The number of carbonyl (C=O) groups is 2. The molecule has 1 rings (SSSR count). The third-order valence-corrected chi connectivity index (χ3v) is 1.08. The Morgan fingerprint density at radius 3 is 2.92 bits per heavy atom. The molecular formula is C5H6N4O3. The largest absolute Gasteiger partial charge is 0.474 e. The predicted molar refractivity (Wildman–Crippen MR) is 35.9 cm³/mol. The van der Waals surface area contributed by atoms with Gasteiger partial charge in [-0.15, -0.1) is 0 Å². The number of aromatic nitrogens is 3. The van der Waals surface area contributed by atoms with E-state index < -0.39 is 11.9 Å². The standard InChI is InChI=1S/C5H6N4O3/c10-4(5(11)12)6-1-3-7-2-8-9-3/h2H,1H2,(H,6,10)(H,11,12)(H,7,8,9). The highest BCUT2D eigenvalue weighted by Gasteiger charge is 2.10. The summed E-state index contributed by atoms with van der Waals surface area (Å²) in [6.07, 6.45) is 1.27. The lowest BCUT2D eigenvalue weighted by molar-refractivity contribution is -0.150. The minimum Gasteiger partial charge on any atom is -0.474 e. The molecule has 0 aliphatic carbocycles. The van der Waals surface area contributed by atoms with Crippen LogP contribution in [0.1, 0.15) is 5.82 Å². The molecule has 0 spiro atoms. The van der Waals surface area contributed by atoms with Crippen LogP contribution in [-0.4, -0.2) is 32.2 Å². The van der Waals surface area contributed by atoms with Gasteiger partial charge in [0, 0.05) is 0 Å². The molecule has 0 unspecified atom stereocenters. The van der Waals surface area contributed by atoms with Gasteiger partial charge in [-0.1, -0.05) is 0 Å². The molecule has 0 fully saturated rings. The summed E-state index contributed by atoms with van der Waals surface area (Å²) in [4.78, 5) is 24.1. The van der Waals surface area contributed by atoms with Gasteiger partial charge in [0.15, 0.2) is 0 Å². The summed E-state index contributed by atoms with van der Waals surface area (Å²) in [5.74, 6) is -2.18. The molecule has 0 aromatic carbocycles. The smallest absolute Gasteiger partial charge is 0.394 e. The molecule has 1 aromatic rings. The van der Waals surface area contributed by atoms with E-state index in [4.69, 9.17) is 5.11 Å². The van der Waals surface area contributed by atoms with Gasteiger partial charge in [-0.05, 0) is 0 Å². The molecule has 0 bridgehead atoms. The number of aliphatic carboxylic acids is 1. The van der Waals surface area contributed by atoms with E-state index in [2.05, 4.69) is 20.5 Å². The van der Waals surface area contributed by atoms with Crippen molar-refractivity contribution in [1.82, 2.24) is 20.5 Å². The number of nitrogens with zero attached hydrogens (tertiary/aromatic N) is 2. The Hall–Kier alpha value is -1.92. The maximum atomic E-state index is 10.5. The highest BCUT2D eigenvalue weighted by Crippen LogP contribution is 1.82. The second kappa shape index (κ2) is 3.46. The molecule has 1 heterocycles. The molecule has 0 saturated carbocycles. The molecule has 3 N–H and O–H groups in total. The van der Waals surface area contributed by atoms with Gasteiger partial charge in [-0.2, -0.15) is 5.10 Å². The minimum atomic E-state index is -1.52. The van der Waals surface area contributed by atoms with Crippen LogP contribution < -0.4 is 5.32 Å². The van der Waals surface area contributed by atoms with E-state index in [1.807, 2.05) is 0 Å². The van der Waals surface area contributed by atoms with Gasteiger partial charge in [0.25, 0.3) is 0 Å². The highest BCUT2D eigenvalue weighted by molar-refractivity contribution is 6.31. The van der Waals surface area contributed by atoms with Crippen LogP contribution in [0, 0.1) is 0 Å². The molecule has 1 aromatic heterocycles. The maximum Gasteiger partial charge on any atom is 0.394 e. The lowest BCUT2D eigenvalue weighted by atomic mass is 10.5. The van der Waals surface area contributed by atoms with Crippen molar-refractivity contribution in [3.05, 3.63) is 12.2 Å². The Morgan fingerprint density at radius 2 is 2.42 bits per heavy atom. The Morgan fingerprint density at radius 1 is 1.67 bits per heavy atom. The van der Waals surface area contributed by atoms with Crippen LogP contribution in [0.25, 0.3) is 0 Å². The normalized spacial score (nSPS) is 9.33. The van der Waals surface area contributed by atoms with Crippen molar-refractivity contribution >= 4 is 11.9 Å². The SMILES string of the molecule is O=C(O)C(=O)NCc1ncn[nH]1. The molecule has 0 atom stereocenters. The van der Waals surface area contributed by atoms with Crippen molar-refractivity contribution < 1.29 is 14.7 Å². The zero-order valence-electron chi connectivity index (χ0n) is 5.94. The first kappa shape index (κ1) is 8.18. The van der Waals surface area contributed by atoms with Crippen molar-refractivity contribution in [3.8, 4) is 0 Å². The van der Waals surface area contributed by atoms with Crippen LogP contribution in [0.3, 0.4) is 0 Å². The number of hydrogen-bond donors (Lipinski definition) is 3. The average molecular weight is 170 g/mol. The molecule has 7 heteroatoms. The van der Waals surface area contributed by atoms with Crippen molar-refractivity contribution in [3.63, 3.8) is 0 Å². The molecule has 7 nitrogen and oxygen atoms in total. The monoisotopic (exact) mass is 170 g/mol. The molecule has 0 aliphatic heterocycles. The molecular weight excluding hydrogens is 164 g/mol. The van der Waals surface area contributed by atoms with Crippen LogP contribution in [-0.2, 0) is 16.1 Å². The van der Waals surface area contributed by atoms with Crippen LogP contribution in [0.5, 0.6) is 0 Å². The molecule has 12 heavy (non-hydrogen) atoms. The fraction of sp³-hybridized carbons (Fsp3) is 0.200. The number of carboxylic acid groups (broad SMARTS) is 1. The maximum absolute atomic E-state index is 10.5. The predicted octanol–water partition coefficient (Wildman–Crippen LogP) is -1.49. The summed E-state index contributed by atoms with van der Waals surface area (Å²) in [6, 6.07) is 0. The van der Waals surface area contributed by atoms with Crippen molar-refractivity contribution in [1.29, 1.82) is 0 Å². The first-order valence-electron chi connectivity index (χ1n) is 3.05. The molecule has 0 radical (unpaired) electrons. The Labute approximate surface area is 66.8 Å². The van der Waals surface area contributed by atoms with E-state index in [0.717, 1.165) is 0 Å². The third-order valence-electron chi connectivity index (χ3n) is 1.08. The van der Waals surface area contributed by atoms with Crippen molar-refractivity contribution in [2.45, 2.75) is 6.54 Å². The van der Waals surface area contributed by atoms with E-state index in [0.29, 0.717) is 5.82 Å². The van der Waals surface area contributed by atoms with E-state index in [9.17, 15) is 9.59 Å². The highest BCUT2D eigenvalue weighted by atomic mass is 16.4. The Bertz CT molecular complexity index is 281. The van der Waals surface area contributed by atoms with Crippen LogP contribution >= 0.6 is 0 Å². The molecule has 0 saturated heterocycles. The topological polar surface area (TPSA) is 108 Å². The lowest BCUT2D eigenvalue weighted by Gasteiger charge is -1.96. The van der Waals surface area contributed by atoms with E-state index in [-0.39, 0.29) is 6.54 Å². The fourth-order valence-electron chi connectivity index (χ4n) is 0.556. The summed E-state index contributed by atoms with van der Waals surface area (Å²) in [5.41, 5.74) is 0. The van der Waals surface area contributed by atoms with Gasteiger partial charge >= 0.3 is 11.9 Å². The van der Waals surface area contributed by atoms with Gasteiger partial charge < -0.3 is 10.4 Å². The second-order valence-corrected chi connectivity index (χ2v) is 1.92. The Kier molecular flexibility index (Phi) is 2.36. The van der Waals surface area contributed by atoms with Gasteiger partial charge in [0.05, 0.1) is 6.54 Å². The molecule has 1 amide bonds. The minimum absolute atomic E-state index is 0.0329. The number of hydrogen-bond acceptors (Lipinski definition) is 4.